The maximum atomic E-state index is 12.3. The first-order valence-corrected chi connectivity index (χ1v) is 9.77. The van der Waals surface area contributed by atoms with E-state index in [-0.39, 0.29) is 16.8 Å². The Balaban J connectivity index is 1.91. The maximum Gasteiger partial charge on any atom is 0.261 e. The molecule has 26 heavy (non-hydrogen) atoms. The van der Waals surface area contributed by atoms with Gasteiger partial charge in [-0.1, -0.05) is 53.4 Å². The lowest BCUT2D eigenvalue weighted by atomic mass is 9.75. The van der Waals surface area contributed by atoms with Crippen molar-refractivity contribution in [1.82, 2.24) is 10.3 Å². The van der Waals surface area contributed by atoms with E-state index in [0.717, 1.165) is 25.2 Å². The average molecular weight is 360 g/mol. The van der Waals surface area contributed by atoms with E-state index in [1.54, 1.807) is 0 Å². The van der Waals surface area contributed by atoms with Crippen LogP contribution in [0.2, 0.25) is 0 Å². The Morgan fingerprint density at radius 3 is 2.54 bits per heavy atom. The second kappa shape index (κ2) is 8.65. The van der Waals surface area contributed by atoms with Crippen LogP contribution in [0.1, 0.15) is 92.6 Å². The van der Waals surface area contributed by atoms with Crippen molar-refractivity contribution in [2.75, 3.05) is 6.54 Å². The van der Waals surface area contributed by atoms with Gasteiger partial charge >= 0.3 is 0 Å². The summed E-state index contributed by atoms with van der Waals surface area (Å²) in [5.74, 6) is 0.333. The van der Waals surface area contributed by atoms with Gasteiger partial charge in [0, 0.05) is 24.2 Å². The average Bonchev–Trinajstić information content (AvgIpc) is 2.51. The molecule has 1 aliphatic rings. The molecule has 1 aromatic heterocycles. The van der Waals surface area contributed by atoms with Gasteiger partial charge in [-0.25, -0.2) is 0 Å². The van der Waals surface area contributed by atoms with E-state index in [1.807, 2.05) is 13.8 Å². The van der Waals surface area contributed by atoms with Crippen molar-refractivity contribution >= 4 is 11.7 Å². The fourth-order valence-electron chi connectivity index (χ4n) is 3.52. The van der Waals surface area contributed by atoms with E-state index in [4.69, 9.17) is 0 Å². The molecule has 0 spiro atoms. The van der Waals surface area contributed by atoms with Crippen LogP contribution in [0, 0.1) is 11.3 Å². The number of hydrogen-bond donors (Lipinski definition) is 2. The van der Waals surface area contributed by atoms with E-state index in [1.165, 1.54) is 18.9 Å². The number of Topliss-reactive ketones (excluding diaryl/α,β-unsaturated/α-hetero) is 1. The highest BCUT2D eigenvalue weighted by Crippen LogP contribution is 2.33. The number of aromatic amines is 1. The van der Waals surface area contributed by atoms with Gasteiger partial charge in [-0.3, -0.25) is 14.4 Å². The van der Waals surface area contributed by atoms with Crippen molar-refractivity contribution in [2.24, 2.45) is 11.3 Å². The third kappa shape index (κ3) is 5.55. The Kier molecular flexibility index (Phi) is 6.79. The van der Waals surface area contributed by atoms with Gasteiger partial charge < -0.3 is 10.3 Å². The Bertz CT molecular complexity index is 716. The summed E-state index contributed by atoms with van der Waals surface area (Å²) >= 11 is 0. The summed E-state index contributed by atoms with van der Waals surface area (Å²) in [4.78, 5) is 39.7. The highest BCUT2D eigenvalue weighted by Gasteiger charge is 2.32. The quantitative estimate of drug-likeness (QED) is 0.691. The number of unbranched alkanes of at least 4 members (excludes halogenated alkanes) is 3. The zero-order valence-corrected chi connectivity index (χ0v) is 16.5. The molecule has 2 N–H and O–H groups in total. The van der Waals surface area contributed by atoms with E-state index >= 15 is 0 Å². The van der Waals surface area contributed by atoms with Gasteiger partial charge in [0.15, 0.2) is 5.78 Å². The highest BCUT2D eigenvalue weighted by molar-refractivity contribution is 6.02. The number of H-pyrrole nitrogens is 1. The van der Waals surface area contributed by atoms with Crippen LogP contribution in [-0.2, 0) is 6.42 Å². The molecule has 1 aromatic rings. The van der Waals surface area contributed by atoms with Gasteiger partial charge in [-0.2, -0.15) is 0 Å². The molecule has 0 aliphatic heterocycles. The molecule has 0 saturated carbocycles. The molecular formula is C21H32N2O3. The zero-order valence-electron chi connectivity index (χ0n) is 16.5. The number of aromatic nitrogens is 1. The summed E-state index contributed by atoms with van der Waals surface area (Å²) in [5.41, 5.74) is 0.604. The van der Waals surface area contributed by atoms with Gasteiger partial charge in [0.25, 0.3) is 11.5 Å². The van der Waals surface area contributed by atoms with E-state index in [9.17, 15) is 14.4 Å². The minimum Gasteiger partial charge on any atom is -0.352 e. The number of ketones is 1. The number of amides is 1. The second-order valence-corrected chi connectivity index (χ2v) is 8.70. The lowest BCUT2D eigenvalue weighted by molar-refractivity contribution is 0.0910. The van der Waals surface area contributed by atoms with Crippen LogP contribution in [0.3, 0.4) is 0 Å². The number of fused-ring (bicyclic) bond motifs is 1. The minimum absolute atomic E-state index is 0.00768. The van der Waals surface area contributed by atoms with Crippen LogP contribution in [0.25, 0.3) is 0 Å². The number of rotatable bonds is 8. The number of hydrogen-bond acceptors (Lipinski definition) is 3. The third-order valence-electron chi connectivity index (χ3n) is 4.96. The molecule has 0 fully saturated rings. The first kappa shape index (κ1) is 20.4. The first-order valence-electron chi connectivity index (χ1n) is 9.77. The van der Waals surface area contributed by atoms with Crippen molar-refractivity contribution in [3.8, 4) is 0 Å². The molecule has 0 aromatic carbocycles. The molecule has 2 rings (SSSR count). The number of nitrogens with one attached hydrogen (secondary N) is 2. The second-order valence-electron chi connectivity index (χ2n) is 8.70. The van der Waals surface area contributed by atoms with Gasteiger partial charge in [0.1, 0.15) is 5.56 Å². The summed E-state index contributed by atoms with van der Waals surface area (Å²) < 4.78 is 0. The fourth-order valence-corrected chi connectivity index (χ4v) is 3.52. The fraction of sp³-hybridized carbons (Fsp3) is 0.667. The molecule has 1 amide bonds. The summed E-state index contributed by atoms with van der Waals surface area (Å²) in [6, 6.07) is 1.48. The van der Waals surface area contributed by atoms with Crippen LogP contribution < -0.4 is 10.9 Å². The predicted octanol–water partition coefficient (Wildman–Crippen LogP) is 3.87. The molecule has 1 aliphatic carbocycles. The molecule has 144 valence electrons. The predicted molar refractivity (Wildman–Crippen MR) is 104 cm³/mol. The van der Waals surface area contributed by atoms with Gasteiger partial charge in [0.2, 0.25) is 0 Å². The molecule has 5 heteroatoms. The molecule has 5 nitrogen and oxygen atoms in total. The SMILES string of the molecule is CC(C)CCCCCCNC(=O)c1cc2c([nH]c1=O)CC(C)(C)CC2=O. The highest BCUT2D eigenvalue weighted by atomic mass is 16.2. The lowest BCUT2D eigenvalue weighted by Crippen LogP contribution is -2.35. The smallest absolute Gasteiger partial charge is 0.261 e. The summed E-state index contributed by atoms with van der Waals surface area (Å²) in [5, 5.41) is 2.81. The normalized spacial score (nSPS) is 15.8. The van der Waals surface area contributed by atoms with Crippen molar-refractivity contribution < 1.29 is 9.59 Å². The van der Waals surface area contributed by atoms with Crippen molar-refractivity contribution in [3.63, 3.8) is 0 Å². The third-order valence-corrected chi connectivity index (χ3v) is 4.96. The topological polar surface area (TPSA) is 79.0 Å². The number of pyridine rings is 1. The van der Waals surface area contributed by atoms with Crippen molar-refractivity contribution in [3.05, 3.63) is 33.2 Å². The van der Waals surface area contributed by atoms with Crippen LogP contribution in [0.5, 0.6) is 0 Å². The van der Waals surface area contributed by atoms with Crippen LogP contribution in [0.15, 0.2) is 10.9 Å². The minimum atomic E-state index is -0.413. The Hall–Kier alpha value is -1.91. The molecule has 1 heterocycles. The Labute approximate surface area is 156 Å². The van der Waals surface area contributed by atoms with E-state index < -0.39 is 11.5 Å². The van der Waals surface area contributed by atoms with Gasteiger partial charge in [-0.05, 0) is 30.2 Å². The Morgan fingerprint density at radius 2 is 1.85 bits per heavy atom. The molecule has 0 radical (unpaired) electrons. The molecule has 0 saturated heterocycles. The van der Waals surface area contributed by atoms with Gasteiger partial charge in [0.05, 0.1) is 0 Å². The largest absolute Gasteiger partial charge is 0.352 e. The summed E-state index contributed by atoms with van der Waals surface area (Å²) in [7, 11) is 0. The summed E-state index contributed by atoms with van der Waals surface area (Å²) in [6.45, 7) is 9.02. The lowest BCUT2D eigenvalue weighted by Gasteiger charge is -2.29. The monoisotopic (exact) mass is 360 g/mol. The number of carbonyl (C=O) groups is 2. The summed E-state index contributed by atoms with van der Waals surface area (Å²) in [6.07, 6.45) is 6.67. The molecular weight excluding hydrogens is 328 g/mol. The number of carbonyl (C=O) groups excluding carboxylic acids is 2. The van der Waals surface area contributed by atoms with Crippen LogP contribution in [-0.4, -0.2) is 23.2 Å². The van der Waals surface area contributed by atoms with Crippen LogP contribution >= 0.6 is 0 Å². The van der Waals surface area contributed by atoms with E-state index in [2.05, 4.69) is 24.1 Å². The standard InChI is InChI=1S/C21H32N2O3/c1-14(2)9-7-5-6-8-10-22-19(25)16-11-15-17(23-20(16)26)12-21(3,4)13-18(15)24/h11,14H,5-10,12-13H2,1-4H3,(H,22,25)(H,23,26). The van der Waals surface area contributed by atoms with Crippen LogP contribution in [0.4, 0.5) is 0 Å². The van der Waals surface area contributed by atoms with Crippen molar-refractivity contribution in [1.29, 1.82) is 0 Å². The Morgan fingerprint density at radius 1 is 1.15 bits per heavy atom. The van der Waals surface area contributed by atoms with Crippen molar-refractivity contribution in [2.45, 2.75) is 72.6 Å². The zero-order chi connectivity index (χ0) is 19.3. The molecule has 0 atom stereocenters. The molecule has 0 unspecified atom stereocenters. The van der Waals surface area contributed by atoms with Gasteiger partial charge in [-0.15, -0.1) is 0 Å². The molecule has 0 bridgehead atoms. The maximum absolute atomic E-state index is 12.3. The first-order chi connectivity index (χ1) is 12.2. The van der Waals surface area contributed by atoms with E-state index in [0.29, 0.717) is 30.6 Å².